The van der Waals surface area contributed by atoms with Crippen LogP contribution in [0.3, 0.4) is 0 Å². The summed E-state index contributed by atoms with van der Waals surface area (Å²) in [4.78, 5) is 1.75. The van der Waals surface area contributed by atoms with Crippen LogP contribution in [-0.2, 0) is 15.6 Å². The smallest absolute Gasteiger partial charge is 0.194 e. The summed E-state index contributed by atoms with van der Waals surface area (Å²) in [7, 11) is 0. The third-order valence-corrected chi connectivity index (χ3v) is 0. The fourth-order valence-corrected chi connectivity index (χ4v) is 0. The van der Waals surface area contributed by atoms with Gasteiger partial charge in [-0.15, -0.1) is 0 Å². The number of hydrogen-bond donors (Lipinski definition) is 0. The Balaban J connectivity index is -0.0000000483. The van der Waals surface area contributed by atoms with Gasteiger partial charge in [0.2, 0.25) is 0 Å². The SMILES string of the molecule is C=[C-]Cl.C[CH]=[Fe].[CH2-]C. The molecule has 2 heteroatoms. The first kappa shape index (κ1) is 15.8. The third kappa shape index (κ3) is 1070. The van der Waals surface area contributed by atoms with Gasteiger partial charge in [0.15, 0.2) is 0 Å². The van der Waals surface area contributed by atoms with Crippen molar-refractivity contribution in [3.05, 3.63) is 19.0 Å². The molecule has 0 radical (unpaired) electrons. The van der Waals surface area contributed by atoms with E-state index in [2.05, 4.69) is 40.7 Å². The minimum Gasteiger partial charge on any atom is -0.346 e. The maximum absolute atomic E-state index is 4.64. The van der Waals surface area contributed by atoms with Gasteiger partial charge in [-0.25, -0.2) is 0 Å². The summed E-state index contributed by atoms with van der Waals surface area (Å²) in [6, 6.07) is 0. The van der Waals surface area contributed by atoms with Crippen molar-refractivity contribution in [3.8, 4) is 0 Å². The predicted molar refractivity (Wildman–Crippen MR) is 37.5 cm³/mol. The molecular weight excluding hydrogens is 163 g/mol. The van der Waals surface area contributed by atoms with Crippen LogP contribution in [0.15, 0.2) is 6.58 Å². The van der Waals surface area contributed by atoms with Gasteiger partial charge < -0.3 is 24.1 Å². The molecular formula is C6H11ClFe-2. The second-order valence-electron chi connectivity index (χ2n) is 0.338. The normalized spacial score (nSPS) is 4.12. The second-order valence-corrected chi connectivity index (χ2v) is 1.24. The van der Waals surface area contributed by atoms with Gasteiger partial charge >= 0.3 is 27.4 Å². The molecule has 0 fully saturated rings. The zero-order chi connectivity index (χ0) is 7.41. The molecule has 0 aliphatic carbocycles. The van der Waals surface area contributed by atoms with Crippen LogP contribution >= 0.6 is 11.6 Å². The molecule has 0 heterocycles. The average molecular weight is 174 g/mol. The maximum Gasteiger partial charge on any atom is -0.194 e. The average Bonchev–Trinajstić information content (AvgIpc) is 1.75. The number of hydrogen-bond acceptors (Lipinski definition) is 0. The van der Waals surface area contributed by atoms with E-state index in [-0.39, 0.29) is 0 Å². The molecule has 0 rings (SSSR count). The van der Waals surface area contributed by atoms with E-state index in [1.54, 1.807) is 11.8 Å². The molecule has 0 saturated heterocycles. The van der Waals surface area contributed by atoms with Crippen molar-refractivity contribution in [2.75, 3.05) is 0 Å². The monoisotopic (exact) mass is 174 g/mol. The summed E-state index contributed by atoms with van der Waals surface area (Å²) in [5.74, 6) is 0. The Labute approximate surface area is 65.3 Å². The van der Waals surface area contributed by atoms with E-state index < -0.39 is 0 Å². The van der Waals surface area contributed by atoms with Crippen LogP contribution in [-0.4, -0.2) is 4.92 Å². The van der Waals surface area contributed by atoms with Crippen molar-refractivity contribution in [1.29, 1.82) is 0 Å². The summed E-state index contributed by atoms with van der Waals surface area (Å²) in [6.45, 7) is 9.89. The van der Waals surface area contributed by atoms with Gasteiger partial charge in [0.25, 0.3) is 0 Å². The first-order chi connectivity index (χ1) is 3.83. The molecule has 0 saturated carbocycles. The van der Waals surface area contributed by atoms with Crippen LogP contribution in [0.4, 0.5) is 0 Å². The van der Waals surface area contributed by atoms with Crippen molar-refractivity contribution in [3.63, 3.8) is 0 Å². The molecule has 0 unspecified atom stereocenters. The Kier molecular flexibility index (Phi) is 103. The first-order valence-corrected chi connectivity index (χ1v) is 3.05. The van der Waals surface area contributed by atoms with Crippen molar-refractivity contribution in [1.82, 2.24) is 0 Å². The Morgan fingerprint density at radius 2 is 1.75 bits per heavy atom. The van der Waals surface area contributed by atoms with Crippen LogP contribution in [0.1, 0.15) is 13.8 Å². The molecule has 8 heavy (non-hydrogen) atoms. The Morgan fingerprint density at radius 1 is 1.75 bits per heavy atom. The van der Waals surface area contributed by atoms with Gasteiger partial charge in [-0.05, 0) is 0 Å². The fourth-order valence-electron chi connectivity index (χ4n) is 0. The predicted octanol–water partition coefficient (Wildman–Crippen LogP) is 2.37. The van der Waals surface area contributed by atoms with E-state index in [4.69, 9.17) is 0 Å². The molecule has 0 aromatic rings. The zero-order valence-corrected chi connectivity index (χ0v) is 7.08. The second kappa shape index (κ2) is 52.2. The molecule has 0 bridgehead atoms. The third-order valence-electron chi connectivity index (χ3n) is 0. The van der Waals surface area contributed by atoms with Gasteiger partial charge in [0, 0.05) is 0 Å². The summed E-state index contributed by atoms with van der Waals surface area (Å²) < 4.78 is 0. The molecule has 0 aromatic carbocycles. The minimum absolute atomic E-state index is 1.75. The van der Waals surface area contributed by atoms with Crippen molar-refractivity contribution >= 4 is 16.5 Å². The first-order valence-electron chi connectivity index (χ1n) is 2.03. The summed E-state index contributed by atoms with van der Waals surface area (Å²) in [6.07, 6.45) is 0. The summed E-state index contributed by atoms with van der Waals surface area (Å²) in [5, 5.41) is 0. The molecule has 52 valence electrons. The molecule has 0 spiro atoms. The van der Waals surface area contributed by atoms with E-state index in [1.165, 1.54) is 0 Å². The van der Waals surface area contributed by atoms with Gasteiger partial charge in [0.1, 0.15) is 0 Å². The van der Waals surface area contributed by atoms with Gasteiger partial charge in [-0.3, -0.25) is 6.58 Å². The van der Waals surface area contributed by atoms with Gasteiger partial charge in [-0.2, -0.15) is 6.92 Å². The van der Waals surface area contributed by atoms with Crippen molar-refractivity contribution < 1.29 is 15.6 Å². The largest absolute Gasteiger partial charge is 0.346 e. The Morgan fingerprint density at radius 3 is 1.75 bits per heavy atom. The van der Waals surface area contributed by atoms with Crippen LogP contribution in [0.5, 0.6) is 0 Å². The molecule has 0 N–H and O–H groups in total. The Bertz CT molecular complexity index is 29.5. The number of rotatable bonds is 0. The van der Waals surface area contributed by atoms with Gasteiger partial charge in [0.05, 0.1) is 0 Å². The fraction of sp³-hybridized carbons (Fsp3) is 0.333. The molecule has 0 aliphatic rings. The topological polar surface area (TPSA) is 0 Å². The van der Waals surface area contributed by atoms with Crippen LogP contribution in [0.25, 0.3) is 0 Å². The zero-order valence-electron chi connectivity index (χ0n) is 5.22. The molecule has 0 aliphatic heterocycles. The van der Waals surface area contributed by atoms with E-state index >= 15 is 0 Å². The van der Waals surface area contributed by atoms with Crippen LogP contribution in [0.2, 0.25) is 0 Å². The number of halogens is 1. The molecule has 0 atom stereocenters. The molecule has 0 amide bonds. The molecule has 0 nitrogen and oxygen atoms in total. The van der Waals surface area contributed by atoms with E-state index in [1.807, 2.05) is 12.5 Å². The van der Waals surface area contributed by atoms with E-state index in [9.17, 15) is 0 Å². The maximum atomic E-state index is 4.64. The quantitative estimate of drug-likeness (QED) is 0.391. The van der Waals surface area contributed by atoms with Crippen molar-refractivity contribution in [2.45, 2.75) is 13.8 Å². The van der Waals surface area contributed by atoms with Crippen molar-refractivity contribution in [2.24, 2.45) is 0 Å². The van der Waals surface area contributed by atoms with E-state index in [0.717, 1.165) is 0 Å². The summed E-state index contributed by atoms with van der Waals surface area (Å²) in [5.41, 5.74) is 1.97. The Hall–Kier alpha value is 0.419. The standard InChI is InChI=1S/C2H2Cl.C2H5.C2H4.Fe/c1-2-3;2*1-2;/h1H2;1H2,2H3;1H,2H3;/q2*-1;;. The van der Waals surface area contributed by atoms with E-state index in [0.29, 0.717) is 0 Å². The van der Waals surface area contributed by atoms with Gasteiger partial charge in [-0.1, -0.05) is 0 Å². The molecule has 0 aromatic heterocycles. The summed E-state index contributed by atoms with van der Waals surface area (Å²) >= 11 is 8.00. The minimum atomic E-state index is 1.75. The van der Waals surface area contributed by atoms with Crippen LogP contribution in [0, 0.1) is 12.5 Å². The van der Waals surface area contributed by atoms with Crippen LogP contribution < -0.4 is 0 Å².